The first-order chi connectivity index (χ1) is 60.8. The largest absolute Gasteiger partial charge is 0.399 e. The number of nitrogen functional groups attached to an aromatic ring is 1. The highest BCUT2D eigenvalue weighted by atomic mass is 127. The molecule has 2 fully saturated rings. The van der Waals surface area contributed by atoms with Crippen molar-refractivity contribution in [2.75, 3.05) is 106 Å². The number of carbonyl (C=O) groups excluding carboxylic acids is 1. The normalized spacial score (nSPS) is 12.8. The molecule has 0 bridgehead atoms. The van der Waals surface area contributed by atoms with Crippen molar-refractivity contribution in [2.24, 2.45) is 17.8 Å². The molecule has 0 aromatic heterocycles. The number of sulfonamides is 5. The Kier molecular flexibility index (Phi) is 56.0. The van der Waals surface area contributed by atoms with Crippen LogP contribution in [0.25, 0.3) is 0 Å². The molecule has 12 rings (SSSR count). The molecule has 0 atom stereocenters. The first-order valence-corrected chi connectivity index (χ1v) is 59.0. The van der Waals surface area contributed by atoms with Crippen LogP contribution < -0.4 is 29.3 Å². The molecule has 0 aliphatic carbocycles. The second-order valence-electron chi connectivity index (χ2n) is 30.3. The summed E-state index contributed by atoms with van der Waals surface area (Å²) in [6.45, 7) is 19.7. The summed E-state index contributed by atoms with van der Waals surface area (Å²) in [5, 5.41) is 14.0. The van der Waals surface area contributed by atoms with Crippen molar-refractivity contribution < 1.29 is 60.4 Å². The van der Waals surface area contributed by atoms with Gasteiger partial charge in [0.2, 0.25) is 59.2 Å². The number of nitrogens with zero attached hydrogens (tertiary/aromatic N) is 5. The number of hydrogen-bond donors (Lipinski definition) is 4. The molecular weight excluding hydrogens is 2360 g/mol. The van der Waals surface area contributed by atoms with Crippen LogP contribution in [-0.2, 0) is 99.3 Å². The van der Waals surface area contributed by atoms with Crippen molar-refractivity contribution >= 4 is 264 Å². The molecule has 2 aliphatic rings. The van der Waals surface area contributed by atoms with Gasteiger partial charge in [-0.1, -0.05) is 306 Å². The second-order valence-corrected chi connectivity index (χ2v) is 50.9. The Morgan fingerprint density at radius 3 is 1.10 bits per heavy atom. The Bertz CT molecular complexity index is 5810. The van der Waals surface area contributed by atoms with E-state index in [1.807, 2.05) is 143 Å². The summed E-state index contributed by atoms with van der Waals surface area (Å²) in [4.78, 5) is 12.7. The van der Waals surface area contributed by atoms with Gasteiger partial charge >= 0.3 is 0 Å². The van der Waals surface area contributed by atoms with Gasteiger partial charge in [-0.05, 0) is 197 Å². The lowest BCUT2D eigenvalue weighted by Crippen LogP contribution is -2.48. The van der Waals surface area contributed by atoms with Crippen molar-refractivity contribution in [1.82, 2.24) is 13.9 Å². The number of alkyl halides is 1. The van der Waals surface area contributed by atoms with Crippen molar-refractivity contribution in [3.63, 3.8) is 0 Å². The highest BCUT2D eigenvalue weighted by molar-refractivity contribution is 14.1. The number of hydrogen-bond acceptors (Lipinski definition) is 18. The summed E-state index contributed by atoms with van der Waals surface area (Å²) in [5.74, 6) is 1.63. The van der Waals surface area contributed by atoms with Crippen molar-refractivity contribution in [3.05, 3.63) is 318 Å². The number of piperazine rings is 2. The maximum atomic E-state index is 13.3. The zero-order valence-electron chi connectivity index (χ0n) is 72.9. The summed E-state index contributed by atoms with van der Waals surface area (Å²) < 4.78 is 157. The minimum absolute atomic E-state index is 0. The van der Waals surface area contributed by atoms with Gasteiger partial charge in [0.05, 0.1) is 53.5 Å². The monoisotopic (exact) mass is 2460 g/mol. The molecule has 131 heavy (non-hydrogen) atoms. The topological polar surface area (TPSA) is 308 Å². The van der Waals surface area contributed by atoms with Crippen LogP contribution in [0.3, 0.4) is 0 Å². The van der Waals surface area contributed by atoms with Crippen molar-refractivity contribution in [3.8, 4) is 0 Å². The standard InChI is InChI=1S/C22H30ClN3O4S2.C17H19BrClNO2S.C13H11BrClNO2S.C9H9BrOS.C7H6BrClO2S.C7H7BrO.C6H6ClN.C5H12N2O2S.C4H9I.CH4/c1-18(2)16-26(22-6-4-5-20(23)15-22)32(29,30)17-19-7-9-21(10-8-19)24-11-13-25(14-12-24)31(3,27)28;1-13(2)11-20(17-5-3-4-16(19)10-17)23(21,22)12-14-6-8-15(18)9-7-14;14-11-6-4-10(5-7-11)9-19(17,18)16-13-3-1-2-12(15)8-13;1-7(11)12-6-8-2-4-9(10)5-3-8;8-7-3-1-6(2-4-7)5-12(9,10)11;8-7-3-1-6(5-9)2-4-7;7-5-2-1-3-6(8)4-5;1-10(8,9)7-4-2-6-3-5-7;1-4(2)3-5;/h4-10,15,18H,11-14,16-17H2,1-3H3;3-10,13H,11-12H2,1-2H3;1-8,16H,9H2;2-5H,6H2,1H3;1-4H,5H2;1-4,9H,5H2;1-4H,8H2;6H,2-5H2,1H3;4H,3H2,1-2H3;1H4. The predicted molar refractivity (Wildman–Crippen MR) is 578 cm³/mol. The Labute approximate surface area is 862 Å². The molecule has 2 aliphatic heterocycles. The van der Waals surface area contributed by atoms with Crippen LogP contribution in [0.1, 0.15) is 89.3 Å². The van der Waals surface area contributed by atoms with Crippen LogP contribution in [0.4, 0.5) is 28.4 Å². The van der Waals surface area contributed by atoms with E-state index in [2.05, 4.69) is 131 Å². The fraction of sp³-hybridized carbons (Fsp3) is 0.330. The van der Waals surface area contributed by atoms with E-state index in [9.17, 15) is 55.3 Å². The van der Waals surface area contributed by atoms with E-state index in [0.717, 1.165) is 69.5 Å². The molecule has 0 unspecified atom stereocenters. The van der Waals surface area contributed by atoms with Gasteiger partial charge in [0.1, 0.15) is 0 Å². The lowest BCUT2D eigenvalue weighted by atomic mass is 10.2. The molecule has 0 saturated carbocycles. The fourth-order valence-electron chi connectivity index (χ4n) is 11.1. The van der Waals surface area contributed by atoms with Crippen LogP contribution in [0.15, 0.2) is 265 Å². The maximum absolute atomic E-state index is 13.3. The van der Waals surface area contributed by atoms with Crippen molar-refractivity contribution in [1.29, 1.82) is 0 Å². The number of carbonyl (C=O) groups is 1. The zero-order chi connectivity index (χ0) is 97.2. The lowest BCUT2D eigenvalue weighted by Gasteiger charge is -2.34. The summed E-state index contributed by atoms with van der Waals surface area (Å²) in [7, 11) is -15.0. The highest BCUT2D eigenvalue weighted by Crippen LogP contribution is 2.30. The number of aliphatic hydroxyl groups excluding tert-OH is 1. The molecule has 22 nitrogen and oxygen atoms in total. The van der Waals surface area contributed by atoms with E-state index in [4.69, 9.17) is 67.9 Å². The number of aliphatic hydroxyl groups is 1. The van der Waals surface area contributed by atoms with E-state index in [-0.39, 0.29) is 54.0 Å². The molecule has 720 valence electrons. The zero-order valence-corrected chi connectivity index (χ0v) is 92.5. The summed E-state index contributed by atoms with van der Waals surface area (Å²) in [5.41, 5.74) is 13.6. The van der Waals surface area contributed by atoms with E-state index < -0.39 is 59.2 Å². The number of anilines is 5. The molecule has 0 radical (unpaired) electrons. The van der Waals surface area contributed by atoms with Gasteiger partial charge in [-0.2, -0.15) is 8.61 Å². The summed E-state index contributed by atoms with van der Waals surface area (Å²) in [6.07, 6.45) is 2.47. The number of halogens is 11. The lowest BCUT2D eigenvalue weighted by molar-refractivity contribution is -0.109. The minimum Gasteiger partial charge on any atom is -0.399 e. The number of benzene rings is 10. The number of nitrogens with two attached hydrogens (primary N) is 1. The van der Waals surface area contributed by atoms with Gasteiger partial charge in [0.25, 0.3) is 0 Å². The van der Waals surface area contributed by atoms with E-state index >= 15 is 0 Å². The Morgan fingerprint density at radius 2 is 0.786 bits per heavy atom. The molecule has 10 aromatic carbocycles. The van der Waals surface area contributed by atoms with Gasteiger partial charge in [0, 0.05) is 153 Å². The number of rotatable bonds is 25. The molecule has 0 spiro atoms. The number of nitrogens with one attached hydrogen (secondary N) is 2. The Balaban J connectivity index is 0.000000399. The van der Waals surface area contributed by atoms with Crippen LogP contribution in [-0.4, -0.2) is 152 Å². The molecule has 2 heterocycles. The van der Waals surface area contributed by atoms with E-state index in [1.54, 1.807) is 134 Å². The number of thioether (sulfide) groups is 1. The maximum Gasteiger partial charge on any atom is 0.239 e. The van der Waals surface area contributed by atoms with Crippen LogP contribution in [0, 0.1) is 17.8 Å². The smallest absolute Gasteiger partial charge is 0.239 e. The third kappa shape index (κ3) is 52.1. The molecular formula is C91H113Br5Cl5IN8O14S7. The van der Waals surface area contributed by atoms with E-state index in [0.29, 0.717) is 106 Å². The molecule has 2 saturated heterocycles. The predicted octanol–water partition coefficient (Wildman–Crippen LogP) is 23.7. The molecule has 40 heteroatoms. The van der Waals surface area contributed by atoms with E-state index in [1.165, 1.54) is 51.5 Å². The third-order valence-corrected chi connectivity index (χ3v) is 31.9. The Hall–Kier alpha value is -4.66. The van der Waals surface area contributed by atoms with Gasteiger partial charge < -0.3 is 21.1 Å². The summed E-state index contributed by atoms with van der Waals surface area (Å²) in [6, 6.07) is 72.0. The molecule has 5 N–H and O–H groups in total. The third-order valence-electron chi connectivity index (χ3n) is 17.3. The van der Waals surface area contributed by atoms with Gasteiger partial charge in [-0.3, -0.25) is 18.1 Å². The highest BCUT2D eigenvalue weighted by Gasteiger charge is 2.28. The van der Waals surface area contributed by atoms with Crippen LogP contribution >= 0.6 is 171 Å². The van der Waals surface area contributed by atoms with Crippen LogP contribution in [0.2, 0.25) is 20.1 Å². The first-order valence-electron chi connectivity index (χ1n) is 40.0. The fourth-order valence-corrected chi connectivity index (χ4v) is 21.0. The van der Waals surface area contributed by atoms with Crippen molar-refractivity contribution in [2.45, 2.75) is 91.3 Å². The van der Waals surface area contributed by atoms with Gasteiger partial charge in [-0.15, -0.1) is 0 Å². The van der Waals surface area contributed by atoms with Crippen LogP contribution in [0.5, 0.6) is 0 Å². The second kappa shape index (κ2) is 60.9. The molecule has 10 aromatic rings. The van der Waals surface area contributed by atoms with Gasteiger partial charge in [0.15, 0.2) is 5.12 Å². The SMILES string of the molecule is C.CC(=O)SCc1ccc(Br)cc1.CC(C)CI.CC(C)CN(c1cccc(Cl)c1)S(=O)(=O)Cc1ccc(Br)cc1.CC(C)CN(c1cccc(Cl)c1)S(=O)(=O)Cc1ccc(N2CCN(S(C)(=O)=O)CC2)cc1.CS(=O)(=O)N1CCNCC1.Nc1cccc(Cl)c1.O=S(=O)(Cc1ccc(Br)cc1)Nc1cccc(Cl)c1.O=S(=O)(Cl)Cc1ccc(Br)cc1.OCc1ccc(Br)cc1. The average Bonchev–Trinajstić information content (AvgIpc) is 0.806. The first kappa shape index (κ1) is 121. The quantitative estimate of drug-likeness (QED) is 0.0179. The molecule has 0 amide bonds. The van der Waals surface area contributed by atoms with Gasteiger partial charge in [-0.25, -0.2) is 50.5 Å². The summed E-state index contributed by atoms with van der Waals surface area (Å²) >= 11 is 43.8. The minimum atomic E-state index is -3.61. The average molecular weight is 2470 g/mol. The Morgan fingerprint density at radius 1 is 0.458 bits per heavy atom.